The average Bonchev–Trinajstić information content (AvgIpc) is 3.32. The lowest BCUT2D eigenvalue weighted by Crippen LogP contribution is -2.46. The SMILES string of the molecule is Cn1nc(C=O)cc1OCCCN1CCN(c2cccc3sccc23)CC1. The van der Waals surface area contributed by atoms with E-state index in [0.717, 1.165) is 45.4 Å². The Balaban J connectivity index is 1.23. The van der Waals surface area contributed by atoms with Gasteiger partial charge in [-0.1, -0.05) is 6.07 Å². The van der Waals surface area contributed by atoms with E-state index in [0.29, 0.717) is 18.2 Å². The maximum absolute atomic E-state index is 10.8. The van der Waals surface area contributed by atoms with Gasteiger partial charge in [-0.15, -0.1) is 11.3 Å². The molecular formula is C20H24N4O2S. The summed E-state index contributed by atoms with van der Waals surface area (Å²) >= 11 is 1.81. The molecule has 2 aromatic heterocycles. The van der Waals surface area contributed by atoms with E-state index in [2.05, 4.69) is 44.5 Å². The van der Waals surface area contributed by atoms with Crippen molar-refractivity contribution in [1.82, 2.24) is 14.7 Å². The van der Waals surface area contributed by atoms with E-state index in [-0.39, 0.29) is 0 Å². The first-order chi connectivity index (χ1) is 13.2. The maximum Gasteiger partial charge on any atom is 0.212 e. The maximum atomic E-state index is 10.8. The summed E-state index contributed by atoms with van der Waals surface area (Å²) < 4.78 is 8.71. The smallest absolute Gasteiger partial charge is 0.212 e. The van der Waals surface area contributed by atoms with E-state index < -0.39 is 0 Å². The van der Waals surface area contributed by atoms with E-state index in [1.54, 1.807) is 29.1 Å². The number of rotatable bonds is 7. The standard InChI is InChI=1S/C20H24N4O2S/c1-22-20(14-16(15-25)21-22)26-12-3-7-23-8-10-24(11-9-23)18-4-2-5-19-17(18)6-13-27-19/h2,4-6,13-15H,3,7-12H2,1H3. The first-order valence-electron chi connectivity index (χ1n) is 9.30. The van der Waals surface area contributed by atoms with Gasteiger partial charge >= 0.3 is 0 Å². The Labute approximate surface area is 162 Å². The van der Waals surface area contributed by atoms with Gasteiger partial charge in [0.25, 0.3) is 0 Å². The molecule has 1 saturated heterocycles. The third kappa shape index (κ3) is 3.99. The Morgan fingerprint density at radius 1 is 1.22 bits per heavy atom. The van der Waals surface area contributed by atoms with Crippen LogP contribution in [0, 0.1) is 0 Å². The molecule has 6 nitrogen and oxygen atoms in total. The van der Waals surface area contributed by atoms with Crippen molar-refractivity contribution in [2.24, 2.45) is 7.05 Å². The topological polar surface area (TPSA) is 50.6 Å². The fourth-order valence-corrected chi connectivity index (χ4v) is 4.40. The van der Waals surface area contributed by atoms with Gasteiger partial charge in [-0.2, -0.15) is 5.10 Å². The summed E-state index contributed by atoms with van der Waals surface area (Å²) in [7, 11) is 1.79. The molecule has 0 amide bonds. The molecule has 0 radical (unpaired) electrons. The first-order valence-corrected chi connectivity index (χ1v) is 10.2. The predicted molar refractivity (Wildman–Crippen MR) is 109 cm³/mol. The lowest BCUT2D eigenvalue weighted by Gasteiger charge is -2.36. The summed E-state index contributed by atoms with van der Waals surface area (Å²) in [5.74, 6) is 0.644. The highest BCUT2D eigenvalue weighted by Gasteiger charge is 2.18. The van der Waals surface area contributed by atoms with Crippen molar-refractivity contribution < 1.29 is 9.53 Å². The minimum Gasteiger partial charge on any atom is -0.478 e. The molecule has 0 N–H and O–H groups in total. The van der Waals surface area contributed by atoms with Crippen LogP contribution in [0.15, 0.2) is 35.7 Å². The summed E-state index contributed by atoms with van der Waals surface area (Å²) in [4.78, 5) is 15.7. The lowest BCUT2D eigenvalue weighted by atomic mass is 10.2. The van der Waals surface area contributed by atoms with Crippen LogP contribution in [0.2, 0.25) is 0 Å². The Morgan fingerprint density at radius 2 is 2.07 bits per heavy atom. The second-order valence-electron chi connectivity index (χ2n) is 6.79. The number of thiophene rings is 1. The van der Waals surface area contributed by atoms with Crippen LogP contribution in [0.25, 0.3) is 10.1 Å². The number of nitrogens with zero attached hydrogens (tertiary/aromatic N) is 4. The molecule has 7 heteroatoms. The number of fused-ring (bicyclic) bond motifs is 1. The molecule has 27 heavy (non-hydrogen) atoms. The summed E-state index contributed by atoms with van der Waals surface area (Å²) in [6, 6.07) is 10.5. The van der Waals surface area contributed by atoms with Crippen LogP contribution in [0.3, 0.4) is 0 Å². The summed E-state index contributed by atoms with van der Waals surface area (Å²) in [6.07, 6.45) is 1.70. The normalized spacial score (nSPS) is 15.4. The quantitative estimate of drug-likeness (QED) is 0.463. The fraction of sp³-hybridized carbons (Fsp3) is 0.400. The number of aldehydes is 1. The number of aromatic nitrogens is 2. The number of hydrogen-bond donors (Lipinski definition) is 0. The van der Waals surface area contributed by atoms with Gasteiger partial charge in [-0.25, -0.2) is 4.68 Å². The molecule has 0 aliphatic carbocycles. The molecule has 3 heterocycles. The van der Waals surface area contributed by atoms with Crippen LogP contribution in [0.4, 0.5) is 5.69 Å². The van der Waals surface area contributed by atoms with Gasteiger partial charge in [-0.3, -0.25) is 9.69 Å². The van der Waals surface area contributed by atoms with E-state index in [4.69, 9.17) is 4.74 Å². The Hall–Kier alpha value is -2.38. The molecule has 3 aromatic rings. The van der Waals surface area contributed by atoms with Crippen LogP contribution >= 0.6 is 11.3 Å². The zero-order chi connectivity index (χ0) is 18.6. The van der Waals surface area contributed by atoms with E-state index >= 15 is 0 Å². The molecule has 1 aliphatic rings. The van der Waals surface area contributed by atoms with Crippen LogP contribution in [0.1, 0.15) is 16.9 Å². The van der Waals surface area contributed by atoms with Gasteiger partial charge in [0, 0.05) is 61.6 Å². The third-order valence-electron chi connectivity index (χ3n) is 5.03. The van der Waals surface area contributed by atoms with E-state index in [1.165, 1.54) is 15.8 Å². The van der Waals surface area contributed by atoms with Crippen LogP contribution in [0.5, 0.6) is 5.88 Å². The second kappa shape index (κ2) is 8.10. The van der Waals surface area contributed by atoms with Crippen molar-refractivity contribution in [3.63, 3.8) is 0 Å². The van der Waals surface area contributed by atoms with E-state index in [9.17, 15) is 4.79 Å². The molecule has 142 valence electrons. The molecule has 0 bridgehead atoms. The number of anilines is 1. The van der Waals surface area contributed by atoms with Crippen LogP contribution in [-0.2, 0) is 7.05 Å². The number of carbonyl (C=O) groups excluding carboxylic acids is 1. The number of aryl methyl sites for hydroxylation is 1. The summed E-state index contributed by atoms with van der Waals surface area (Å²) in [5, 5.41) is 7.60. The molecule has 1 aromatic carbocycles. The van der Waals surface area contributed by atoms with Crippen molar-refractivity contribution in [2.75, 3.05) is 44.2 Å². The molecule has 0 atom stereocenters. The van der Waals surface area contributed by atoms with Crippen molar-refractivity contribution >= 4 is 33.4 Å². The molecule has 1 aliphatic heterocycles. The van der Waals surface area contributed by atoms with Gasteiger partial charge in [0.1, 0.15) is 5.69 Å². The van der Waals surface area contributed by atoms with Crippen LogP contribution in [-0.4, -0.2) is 60.3 Å². The first kappa shape index (κ1) is 18.0. The Morgan fingerprint density at radius 3 is 2.85 bits per heavy atom. The monoisotopic (exact) mass is 384 g/mol. The number of benzene rings is 1. The van der Waals surface area contributed by atoms with Crippen LogP contribution < -0.4 is 9.64 Å². The van der Waals surface area contributed by atoms with Gasteiger partial charge in [0.2, 0.25) is 5.88 Å². The highest BCUT2D eigenvalue weighted by atomic mass is 32.1. The molecule has 0 unspecified atom stereocenters. The zero-order valence-corrected chi connectivity index (χ0v) is 16.3. The molecule has 0 spiro atoms. The molecule has 4 rings (SSSR count). The minimum absolute atomic E-state index is 0.407. The van der Waals surface area contributed by atoms with Gasteiger partial charge in [0.15, 0.2) is 6.29 Å². The molecule has 1 fully saturated rings. The number of ether oxygens (including phenoxy) is 1. The number of hydrogen-bond acceptors (Lipinski definition) is 6. The third-order valence-corrected chi connectivity index (χ3v) is 5.91. The summed E-state index contributed by atoms with van der Waals surface area (Å²) in [5.41, 5.74) is 1.77. The number of piperazine rings is 1. The molecule has 0 saturated carbocycles. The number of carbonyl (C=O) groups is 1. The van der Waals surface area contributed by atoms with Crippen molar-refractivity contribution in [3.8, 4) is 5.88 Å². The Bertz CT molecular complexity index is 912. The van der Waals surface area contributed by atoms with Crippen molar-refractivity contribution in [3.05, 3.63) is 41.4 Å². The van der Waals surface area contributed by atoms with Crippen molar-refractivity contribution in [2.45, 2.75) is 6.42 Å². The Kier molecular flexibility index (Phi) is 5.40. The lowest BCUT2D eigenvalue weighted by molar-refractivity contribution is 0.111. The van der Waals surface area contributed by atoms with E-state index in [1.807, 2.05) is 0 Å². The van der Waals surface area contributed by atoms with Gasteiger partial charge in [0.05, 0.1) is 6.61 Å². The predicted octanol–water partition coefficient (Wildman–Crippen LogP) is 3.04. The fourth-order valence-electron chi connectivity index (χ4n) is 3.60. The largest absolute Gasteiger partial charge is 0.478 e. The van der Waals surface area contributed by atoms with Crippen molar-refractivity contribution in [1.29, 1.82) is 0 Å². The summed E-state index contributed by atoms with van der Waals surface area (Å²) in [6.45, 7) is 5.91. The molecular weight excluding hydrogens is 360 g/mol. The second-order valence-corrected chi connectivity index (χ2v) is 7.74. The zero-order valence-electron chi connectivity index (χ0n) is 15.5. The minimum atomic E-state index is 0.407. The highest BCUT2D eigenvalue weighted by Crippen LogP contribution is 2.31. The average molecular weight is 385 g/mol. The highest BCUT2D eigenvalue weighted by molar-refractivity contribution is 7.17. The van der Waals surface area contributed by atoms with Gasteiger partial charge < -0.3 is 9.64 Å². The van der Waals surface area contributed by atoms with Gasteiger partial charge in [-0.05, 0) is 30.0 Å².